The molecule has 0 radical (unpaired) electrons. The van der Waals surface area contributed by atoms with Gasteiger partial charge in [-0.3, -0.25) is 9.48 Å². The molecule has 41 heavy (non-hydrogen) atoms. The van der Waals surface area contributed by atoms with Crippen LogP contribution in [0.25, 0.3) is 16.4 Å². The van der Waals surface area contributed by atoms with Crippen LogP contribution in [0.5, 0.6) is 0 Å². The van der Waals surface area contributed by atoms with Gasteiger partial charge in [-0.2, -0.15) is 5.10 Å². The third kappa shape index (κ3) is 3.98. The van der Waals surface area contributed by atoms with Crippen molar-refractivity contribution in [2.75, 3.05) is 5.75 Å². The number of aromatic nitrogens is 4. The van der Waals surface area contributed by atoms with Crippen LogP contribution in [0, 0.1) is 28.6 Å². The van der Waals surface area contributed by atoms with Gasteiger partial charge in [0.2, 0.25) is 0 Å². The molecule has 0 aromatic carbocycles. The molecule has 3 aromatic heterocycles. The van der Waals surface area contributed by atoms with Gasteiger partial charge in [0.15, 0.2) is 10.1 Å². The fourth-order valence-corrected chi connectivity index (χ4v) is 11.2. The van der Waals surface area contributed by atoms with Gasteiger partial charge in [0.1, 0.15) is 15.9 Å². The summed E-state index contributed by atoms with van der Waals surface area (Å²) in [6.07, 6.45) is 10.1. The molecule has 4 aliphatic rings. The normalized spacial score (nSPS) is 36.3. The Kier molecular flexibility index (Phi) is 6.23. The number of ketones is 1. The predicted molar refractivity (Wildman–Crippen MR) is 163 cm³/mol. The Hall–Kier alpha value is -2.07. The van der Waals surface area contributed by atoms with Crippen LogP contribution in [0.2, 0.25) is 0 Å². The van der Waals surface area contributed by atoms with Crippen LogP contribution in [0.3, 0.4) is 0 Å². The van der Waals surface area contributed by atoms with Crippen LogP contribution >= 0.6 is 23.1 Å². The second-order valence-corrected chi connectivity index (χ2v) is 16.5. The minimum Gasteiger partial charge on any atom is -0.393 e. The van der Waals surface area contributed by atoms with E-state index in [1.54, 1.807) is 6.20 Å². The summed E-state index contributed by atoms with van der Waals surface area (Å²) < 4.78 is 2.94. The lowest BCUT2D eigenvalue weighted by molar-refractivity contribution is -0.177. The van der Waals surface area contributed by atoms with Gasteiger partial charge in [-0.05, 0) is 106 Å². The summed E-state index contributed by atoms with van der Waals surface area (Å²) in [6, 6.07) is 3.79. The molecule has 3 heterocycles. The van der Waals surface area contributed by atoms with E-state index in [1.807, 2.05) is 18.3 Å². The SMILES string of the molecule is CC12Cc3cnn(C(C)(C)C)c3C=C1CCC1C2C(O)CC2(C)C1CC[C@]2(O)C(=O)CSc1nc2cccnc2s1. The zero-order valence-electron chi connectivity index (χ0n) is 24.6. The standard InChI is InChI=1S/C32H40N4O3S2/c1-29(2,3)36-23-13-19-8-9-20-21-10-11-32(39,25(38)17-40-28-35-22-7-6-12-33-27(22)41-28)31(21,5)15-24(37)26(20)30(19,4)14-18(23)16-34-36/h6-7,12-13,16,20-21,24,26,37,39H,8-11,14-15,17H2,1-5H3/t20?,21?,24?,26?,30?,31?,32-/m0/s1. The maximum Gasteiger partial charge on any atom is 0.175 e. The van der Waals surface area contributed by atoms with Gasteiger partial charge in [0, 0.05) is 11.6 Å². The molecule has 9 heteroatoms. The summed E-state index contributed by atoms with van der Waals surface area (Å²) in [5.74, 6) is 0.626. The van der Waals surface area contributed by atoms with Gasteiger partial charge in [-0.25, -0.2) is 9.97 Å². The number of hydrogen-bond acceptors (Lipinski definition) is 8. The van der Waals surface area contributed by atoms with Crippen molar-refractivity contribution in [3.63, 3.8) is 0 Å². The zero-order chi connectivity index (χ0) is 28.9. The van der Waals surface area contributed by atoms with E-state index in [0.717, 1.165) is 40.4 Å². The van der Waals surface area contributed by atoms with Crippen LogP contribution in [0.1, 0.15) is 78.0 Å². The van der Waals surface area contributed by atoms with Crippen molar-refractivity contribution in [2.45, 2.75) is 94.7 Å². The third-order valence-electron chi connectivity index (χ3n) is 11.1. The van der Waals surface area contributed by atoms with E-state index >= 15 is 0 Å². The largest absolute Gasteiger partial charge is 0.393 e. The fraction of sp³-hybridized carbons (Fsp3) is 0.625. The molecule has 7 atom stereocenters. The number of thiazole rings is 1. The smallest absolute Gasteiger partial charge is 0.175 e. The molecule has 3 saturated carbocycles. The highest BCUT2D eigenvalue weighted by molar-refractivity contribution is 8.01. The summed E-state index contributed by atoms with van der Waals surface area (Å²) in [7, 11) is 0. The highest BCUT2D eigenvalue weighted by Crippen LogP contribution is 2.67. The molecule has 6 unspecified atom stereocenters. The lowest BCUT2D eigenvalue weighted by Crippen LogP contribution is -2.62. The maximum atomic E-state index is 13.8. The van der Waals surface area contributed by atoms with Crippen molar-refractivity contribution in [1.82, 2.24) is 19.7 Å². The Morgan fingerprint density at radius 2 is 2.07 bits per heavy atom. The van der Waals surface area contributed by atoms with Crippen molar-refractivity contribution in [1.29, 1.82) is 0 Å². The van der Waals surface area contributed by atoms with E-state index in [-0.39, 0.29) is 40.2 Å². The third-order valence-corrected chi connectivity index (χ3v) is 13.3. The molecule has 7 rings (SSSR count). The van der Waals surface area contributed by atoms with Crippen molar-refractivity contribution in [3.8, 4) is 0 Å². The number of aliphatic hydroxyl groups excluding tert-OH is 1. The highest BCUT2D eigenvalue weighted by atomic mass is 32.2. The molecule has 2 N–H and O–H groups in total. The van der Waals surface area contributed by atoms with Gasteiger partial charge < -0.3 is 10.2 Å². The number of fused-ring (bicyclic) bond motifs is 7. The van der Waals surface area contributed by atoms with E-state index in [1.165, 1.54) is 39.9 Å². The van der Waals surface area contributed by atoms with Crippen molar-refractivity contribution < 1.29 is 15.0 Å². The zero-order valence-corrected chi connectivity index (χ0v) is 26.2. The second-order valence-electron chi connectivity index (χ2n) is 14.3. The lowest BCUT2D eigenvalue weighted by Gasteiger charge is -2.60. The summed E-state index contributed by atoms with van der Waals surface area (Å²) in [4.78, 5) is 23.6. The summed E-state index contributed by atoms with van der Waals surface area (Å²) in [5, 5.41) is 28.8. The van der Waals surface area contributed by atoms with Gasteiger partial charge >= 0.3 is 0 Å². The van der Waals surface area contributed by atoms with Crippen LogP contribution in [0.4, 0.5) is 0 Å². The molecule has 3 aromatic rings. The number of carbonyl (C=O) groups is 1. The summed E-state index contributed by atoms with van der Waals surface area (Å²) >= 11 is 2.87. The quantitative estimate of drug-likeness (QED) is 0.365. The topological polar surface area (TPSA) is 101 Å². The Bertz CT molecular complexity index is 1540. The molecule has 0 amide bonds. The van der Waals surface area contributed by atoms with E-state index in [4.69, 9.17) is 5.10 Å². The van der Waals surface area contributed by atoms with E-state index < -0.39 is 17.1 Å². The van der Waals surface area contributed by atoms with Crippen LogP contribution in [-0.2, 0) is 16.8 Å². The lowest BCUT2D eigenvalue weighted by atomic mass is 9.45. The number of thioether (sulfide) groups is 1. The first-order valence-corrected chi connectivity index (χ1v) is 16.7. The van der Waals surface area contributed by atoms with Gasteiger partial charge in [0.05, 0.1) is 29.3 Å². The molecular weight excluding hydrogens is 553 g/mol. The van der Waals surface area contributed by atoms with Crippen LogP contribution in [0.15, 0.2) is 34.4 Å². The molecule has 7 nitrogen and oxygen atoms in total. The number of hydrogen-bond donors (Lipinski definition) is 2. The first-order valence-electron chi connectivity index (χ1n) is 14.9. The Morgan fingerprint density at radius 3 is 2.83 bits per heavy atom. The number of pyridine rings is 1. The monoisotopic (exact) mass is 592 g/mol. The number of Topliss-reactive ketones (excluding diaryl/α,β-unsaturated/α-hetero) is 1. The number of carbonyl (C=O) groups excluding carboxylic acids is 1. The second kappa shape index (κ2) is 9.21. The van der Waals surface area contributed by atoms with Crippen molar-refractivity contribution in [3.05, 3.63) is 41.4 Å². The molecule has 218 valence electrons. The number of nitrogens with zero attached hydrogens (tertiary/aromatic N) is 4. The van der Waals surface area contributed by atoms with Crippen molar-refractivity contribution in [2.24, 2.45) is 28.6 Å². The van der Waals surface area contributed by atoms with Crippen LogP contribution in [-0.4, -0.2) is 53.2 Å². The number of rotatable bonds is 4. The van der Waals surface area contributed by atoms with Crippen LogP contribution < -0.4 is 0 Å². The average Bonchev–Trinajstić information content (AvgIpc) is 3.59. The molecule has 0 spiro atoms. The Labute approximate surface area is 249 Å². The number of aliphatic hydroxyl groups is 2. The summed E-state index contributed by atoms with van der Waals surface area (Å²) in [5.41, 5.74) is 2.40. The Balaban J connectivity index is 1.14. The van der Waals surface area contributed by atoms with Gasteiger partial charge in [-0.1, -0.05) is 42.5 Å². The molecule has 0 saturated heterocycles. The van der Waals surface area contributed by atoms with E-state index in [2.05, 4.69) is 55.3 Å². The van der Waals surface area contributed by atoms with Crippen molar-refractivity contribution >= 4 is 45.3 Å². The molecule has 4 aliphatic carbocycles. The Morgan fingerprint density at radius 1 is 1.27 bits per heavy atom. The molecule has 0 bridgehead atoms. The first kappa shape index (κ1) is 27.7. The fourth-order valence-electron chi connectivity index (χ4n) is 9.24. The highest BCUT2D eigenvalue weighted by Gasteiger charge is 2.68. The minimum atomic E-state index is -1.43. The van der Waals surface area contributed by atoms with Gasteiger partial charge in [0.25, 0.3) is 0 Å². The molecule has 0 aliphatic heterocycles. The minimum absolute atomic E-state index is 0.0925. The predicted octanol–water partition coefficient (Wildman–Crippen LogP) is 5.89. The van der Waals surface area contributed by atoms with Gasteiger partial charge in [-0.15, -0.1) is 0 Å². The van der Waals surface area contributed by atoms with E-state index in [9.17, 15) is 15.0 Å². The maximum absolute atomic E-state index is 13.8. The van der Waals surface area contributed by atoms with E-state index in [0.29, 0.717) is 12.8 Å². The molecule has 3 fully saturated rings. The first-order chi connectivity index (χ1) is 19.3. The summed E-state index contributed by atoms with van der Waals surface area (Å²) in [6.45, 7) is 11.0. The molecular formula is C32H40N4O3S2. The number of allylic oxidation sites excluding steroid dienone is 1. The average molecular weight is 593 g/mol.